The van der Waals surface area contributed by atoms with Crippen LogP contribution in [-0.2, 0) is 16.1 Å². The van der Waals surface area contributed by atoms with E-state index in [2.05, 4.69) is 10.6 Å². The van der Waals surface area contributed by atoms with Gasteiger partial charge in [-0.2, -0.15) is 0 Å². The van der Waals surface area contributed by atoms with E-state index >= 15 is 0 Å². The van der Waals surface area contributed by atoms with E-state index in [1.54, 1.807) is 29.2 Å². The minimum absolute atomic E-state index is 0.153. The molecule has 2 aromatic carbocycles. The molecule has 28 heavy (non-hydrogen) atoms. The lowest BCUT2D eigenvalue weighted by molar-refractivity contribution is -0.121. The molecule has 1 heterocycles. The third-order valence-electron chi connectivity index (χ3n) is 4.57. The van der Waals surface area contributed by atoms with Crippen molar-refractivity contribution in [2.75, 3.05) is 18.0 Å². The van der Waals surface area contributed by atoms with Crippen molar-refractivity contribution in [2.24, 2.45) is 0 Å². The first-order valence-electron chi connectivity index (χ1n) is 9.23. The van der Waals surface area contributed by atoms with Gasteiger partial charge in [-0.05, 0) is 36.2 Å². The topological polar surface area (TPSA) is 78.5 Å². The van der Waals surface area contributed by atoms with Crippen LogP contribution in [-0.4, -0.2) is 30.8 Å². The zero-order valence-corrected chi connectivity index (χ0v) is 16.2. The summed E-state index contributed by atoms with van der Waals surface area (Å²) in [5.41, 5.74) is 2.23. The molecule has 0 aliphatic carbocycles. The monoisotopic (exact) mass is 399 g/mol. The largest absolute Gasteiger partial charge is 0.352 e. The molecule has 0 aromatic heterocycles. The Morgan fingerprint density at radius 1 is 1.04 bits per heavy atom. The Labute approximate surface area is 168 Å². The number of carbonyl (C=O) groups is 3. The van der Waals surface area contributed by atoms with Crippen LogP contribution in [0.2, 0.25) is 5.02 Å². The molecule has 2 N–H and O–H groups in total. The van der Waals surface area contributed by atoms with Gasteiger partial charge in [-0.1, -0.05) is 35.9 Å². The zero-order chi connectivity index (χ0) is 19.9. The van der Waals surface area contributed by atoms with Crippen LogP contribution in [0.3, 0.4) is 0 Å². The molecule has 0 unspecified atom stereocenters. The van der Waals surface area contributed by atoms with Crippen molar-refractivity contribution in [1.29, 1.82) is 0 Å². The molecular formula is C21H22ClN3O3. The van der Waals surface area contributed by atoms with Crippen molar-refractivity contribution in [1.82, 2.24) is 10.6 Å². The van der Waals surface area contributed by atoms with E-state index in [0.29, 0.717) is 23.6 Å². The second-order valence-electron chi connectivity index (χ2n) is 6.58. The van der Waals surface area contributed by atoms with E-state index in [1.807, 2.05) is 24.3 Å². The maximum Gasteiger partial charge on any atom is 0.252 e. The lowest BCUT2D eigenvalue weighted by atomic mass is 10.2. The van der Waals surface area contributed by atoms with Crippen molar-refractivity contribution in [3.63, 3.8) is 0 Å². The summed E-state index contributed by atoms with van der Waals surface area (Å²) in [7, 11) is 0. The van der Waals surface area contributed by atoms with Gasteiger partial charge < -0.3 is 15.5 Å². The molecule has 0 radical (unpaired) electrons. The fourth-order valence-electron chi connectivity index (χ4n) is 3.03. The average molecular weight is 400 g/mol. The third-order valence-corrected chi connectivity index (χ3v) is 4.90. The summed E-state index contributed by atoms with van der Waals surface area (Å²) < 4.78 is 0. The minimum Gasteiger partial charge on any atom is -0.352 e. The standard InChI is InChI=1S/C21H22ClN3O3/c22-18-5-2-1-4-17(18)21(28)23-12-11-19(26)24-14-15-7-9-16(10-8-15)25-13-3-6-20(25)27/h1-2,4-5,7-10H,3,6,11-14H2,(H,23,28)(H,24,26). The molecule has 1 aliphatic rings. The Balaban J connectivity index is 1.40. The van der Waals surface area contributed by atoms with E-state index < -0.39 is 0 Å². The highest BCUT2D eigenvalue weighted by molar-refractivity contribution is 6.33. The molecule has 0 atom stereocenters. The number of nitrogens with one attached hydrogen (secondary N) is 2. The quantitative estimate of drug-likeness (QED) is 0.751. The van der Waals surface area contributed by atoms with Gasteiger partial charge in [0.25, 0.3) is 5.91 Å². The molecule has 7 heteroatoms. The highest BCUT2D eigenvalue weighted by atomic mass is 35.5. The van der Waals surface area contributed by atoms with Crippen LogP contribution in [0, 0.1) is 0 Å². The van der Waals surface area contributed by atoms with E-state index in [0.717, 1.165) is 24.2 Å². The summed E-state index contributed by atoms with van der Waals surface area (Å²) in [6.45, 7) is 1.38. The SMILES string of the molecule is O=C(CCNC(=O)c1ccccc1Cl)NCc1ccc(N2CCCC2=O)cc1. The fraction of sp³-hybridized carbons (Fsp3) is 0.286. The van der Waals surface area contributed by atoms with Gasteiger partial charge >= 0.3 is 0 Å². The fourth-order valence-corrected chi connectivity index (χ4v) is 3.26. The zero-order valence-electron chi connectivity index (χ0n) is 15.4. The highest BCUT2D eigenvalue weighted by Gasteiger charge is 2.21. The summed E-state index contributed by atoms with van der Waals surface area (Å²) in [5.74, 6) is -0.302. The normalized spacial score (nSPS) is 13.5. The van der Waals surface area contributed by atoms with E-state index in [1.165, 1.54) is 0 Å². The lowest BCUT2D eigenvalue weighted by Crippen LogP contribution is -2.30. The number of amides is 3. The maximum absolute atomic E-state index is 12.0. The van der Waals surface area contributed by atoms with Gasteiger partial charge in [-0.3, -0.25) is 14.4 Å². The maximum atomic E-state index is 12.0. The van der Waals surface area contributed by atoms with Crippen LogP contribution >= 0.6 is 11.6 Å². The Kier molecular flexibility index (Phi) is 6.66. The molecule has 1 fully saturated rings. The summed E-state index contributed by atoms with van der Waals surface area (Å²) in [6, 6.07) is 14.4. The first-order valence-corrected chi connectivity index (χ1v) is 9.61. The van der Waals surface area contributed by atoms with Crippen LogP contribution in [0.15, 0.2) is 48.5 Å². The molecule has 0 spiro atoms. The third kappa shape index (κ3) is 5.10. The molecule has 1 saturated heterocycles. The van der Waals surface area contributed by atoms with Gasteiger partial charge in [0.2, 0.25) is 11.8 Å². The van der Waals surface area contributed by atoms with Gasteiger partial charge in [0, 0.05) is 38.2 Å². The van der Waals surface area contributed by atoms with Crippen molar-refractivity contribution in [2.45, 2.75) is 25.8 Å². The second-order valence-corrected chi connectivity index (χ2v) is 6.99. The Bertz CT molecular complexity index is 867. The van der Waals surface area contributed by atoms with Crippen LogP contribution in [0.5, 0.6) is 0 Å². The second kappa shape index (κ2) is 9.37. The van der Waals surface area contributed by atoms with Gasteiger partial charge in [-0.15, -0.1) is 0 Å². The van der Waals surface area contributed by atoms with Gasteiger partial charge in [0.15, 0.2) is 0 Å². The molecule has 3 amide bonds. The number of carbonyl (C=O) groups excluding carboxylic acids is 3. The summed E-state index contributed by atoms with van der Waals surface area (Å²) in [4.78, 5) is 37.6. The average Bonchev–Trinajstić information content (AvgIpc) is 3.13. The number of hydrogen-bond donors (Lipinski definition) is 2. The smallest absolute Gasteiger partial charge is 0.252 e. The Morgan fingerprint density at radius 2 is 1.79 bits per heavy atom. The number of hydrogen-bond acceptors (Lipinski definition) is 3. The number of halogens is 1. The molecule has 146 valence electrons. The van der Waals surface area contributed by atoms with Crippen molar-refractivity contribution in [3.05, 3.63) is 64.7 Å². The number of nitrogens with zero attached hydrogens (tertiary/aromatic N) is 1. The van der Waals surface area contributed by atoms with Crippen molar-refractivity contribution in [3.8, 4) is 0 Å². The van der Waals surface area contributed by atoms with Crippen LogP contribution in [0.1, 0.15) is 35.2 Å². The molecule has 0 saturated carbocycles. The van der Waals surface area contributed by atoms with Crippen molar-refractivity contribution >= 4 is 35.0 Å². The first kappa shape index (κ1) is 19.9. The van der Waals surface area contributed by atoms with Crippen LogP contribution < -0.4 is 15.5 Å². The predicted octanol–water partition coefficient (Wildman–Crippen LogP) is 2.90. The molecular weight excluding hydrogens is 378 g/mol. The van der Waals surface area contributed by atoms with Crippen LogP contribution in [0.4, 0.5) is 5.69 Å². The Morgan fingerprint density at radius 3 is 2.46 bits per heavy atom. The number of rotatable bonds is 7. The molecule has 1 aliphatic heterocycles. The molecule has 2 aromatic rings. The molecule has 6 nitrogen and oxygen atoms in total. The summed E-state index contributed by atoms with van der Waals surface area (Å²) >= 11 is 5.98. The number of benzene rings is 2. The van der Waals surface area contributed by atoms with Gasteiger partial charge in [0.05, 0.1) is 10.6 Å². The van der Waals surface area contributed by atoms with Gasteiger partial charge in [0.1, 0.15) is 0 Å². The predicted molar refractivity (Wildman–Crippen MR) is 108 cm³/mol. The lowest BCUT2D eigenvalue weighted by Gasteiger charge is -2.16. The van der Waals surface area contributed by atoms with E-state index in [9.17, 15) is 14.4 Å². The van der Waals surface area contributed by atoms with E-state index in [4.69, 9.17) is 11.6 Å². The van der Waals surface area contributed by atoms with Crippen LogP contribution in [0.25, 0.3) is 0 Å². The van der Waals surface area contributed by atoms with E-state index in [-0.39, 0.29) is 30.7 Å². The van der Waals surface area contributed by atoms with Gasteiger partial charge in [-0.25, -0.2) is 0 Å². The van der Waals surface area contributed by atoms with Crippen molar-refractivity contribution < 1.29 is 14.4 Å². The minimum atomic E-state index is -0.301. The number of anilines is 1. The molecule has 0 bridgehead atoms. The molecule has 3 rings (SSSR count). The summed E-state index contributed by atoms with van der Waals surface area (Å²) in [5, 5.41) is 5.89. The highest BCUT2D eigenvalue weighted by Crippen LogP contribution is 2.21. The first-order chi connectivity index (χ1) is 13.5. The Hall–Kier alpha value is -2.86. The summed E-state index contributed by atoms with van der Waals surface area (Å²) in [6.07, 6.45) is 1.67.